The molecule has 0 aromatic carbocycles. The molecule has 20 heavy (non-hydrogen) atoms. The van der Waals surface area contributed by atoms with Gasteiger partial charge >= 0.3 is 0 Å². The van der Waals surface area contributed by atoms with Crippen LogP contribution in [0.4, 0.5) is 0 Å². The maximum absolute atomic E-state index is 12.3. The highest BCUT2D eigenvalue weighted by atomic mass is 16.1. The Kier molecular flexibility index (Phi) is 4.29. The highest BCUT2D eigenvalue weighted by Crippen LogP contribution is 2.15. The van der Waals surface area contributed by atoms with Crippen LogP contribution in [0.15, 0.2) is 35.3 Å². The van der Waals surface area contributed by atoms with Crippen LogP contribution in [-0.4, -0.2) is 14.8 Å². The van der Waals surface area contributed by atoms with Crippen LogP contribution in [0.2, 0.25) is 0 Å². The van der Waals surface area contributed by atoms with E-state index in [4.69, 9.17) is 5.73 Å². The Balaban J connectivity index is 2.59. The SMILES string of the molecule is CC(C)Cn1nc(-c2ccccn2)cc(C(C)N)c1=O. The maximum atomic E-state index is 12.3. The Bertz CT molecular complexity index is 632. The van der Waals surface area contributed by atoms with Crippen molar-refractivity contribution in [1.29, 1.82) is 0 Å². The molecule has 0 saturated carbocycles. The number of hydrogen-bond acceptors (Lipinski definition) is 4. The van der Waals surface area contributed by atoms with Crippen LogP contribution < -0.4 is 11.3 Å². The summed E-state index contributed by atoms with van der Waals surface area (Å²) in [4.78, 5) is 16.6. The van der Waals surface area contributed by atoms with Gasteiger partial charge in [0, 0.05) is 24.3 Å². The smallest absolute Gasteiger partial charge is 0.271 e. The Hall–Kier alpha value is -2.01. The van der Waals surface area contributed by atoms with E-state index in [0.717, 1.165) is 5.69 Å². The Morgan fingerprint density at radius 3 is 2.55 bits per heavy atom. The average Bonchev–Trinajstić information content (AvgIpc) is 2.41. The van der Waals surface area contributed by atoms with E-state index in [-0.39, 0.29) is 11.6 Å². The van der Waals surface area contributed by atoms with E-state index in [1.165, 1.54) is 4.68 Å². The molecule has 0 amide bonds. The molecule has 0 radical (unpaired) electrons. The van der Waals surface area contributed by atoms with Gasteiger partial charge in [-0.25, -0.2) is 4.68 Å². The molecule has 5 heteroatoms. The first kappa shape index (κ1) is 14.4. The predicted molar refractivity (Wildman–Crippen MR) is 79.2 cm³/mol. The van der Waals surface area contributed by atoms with Crippen molar-refractivity contribution >= 4 is 0 Å². The fourth-order valence-corrected chi connectivity index (χ4v) is 2.00. The van der Waals surface area contributed by atoms with Crippen molar-refractivity contribution in [3.05, 3.63) is 46.4 Å². The maximum Gasteiger partial charge on any atom is 0.271 e. The van der Waals surface area contributed by atoms with Crippen LogP contribution in [0.5, 0.6) is 0 Å². The first-order valence-electron chi connectivity index (χ1n) is 6.78. The second kappa shape index (κ2) is 5.96. The molecule has 1 atom stereocenters. The summed E-state index contributed by atoms with van der Waals surface area (Å²) < 4.78 is 1.49. The summed E-state index contributed by atoms with van der Waals surface area (Å²) in [5, 5.41) is 4.41. The molecule has 2 heterocycles. The molecule has 2 N–H and O–H groups in total. The molecule has 2 rings (SSSR count). The number of hydrogen-bond donors (Lipinski definition) is 1. The lowest BCUT2D eigenvalue weighted by molar-refractivity contribution is 0.460. The number of aromatic nitrogens is 3. The second-order valence-electron chi connectivity index (χ2n) is 5.37. The van der Waals surface area contributed by atoms with Gasteiger partial charge in [-0.1, -0.05) is 19.9 Å². The van der Waals surface area contributed by atoms with E-state index in [2.05, 4.69) is 10.1 Å². The minimum Gasteiger partial charge on any atom is -0.324 e. The van der Waals surface area contributed by atoms with E-state index < -0.39 is 0 Å². The van der Waals surface area contributed by atoms with Gasteiger partial charge in [-0.2, -0.15) is 5.10 Å². The molecule has 0 saturated heterocycles. The topological polar surface area (TPSA) is 73.8 Å². The summed E-state index contributed by atoms with van der Waals surface area (Å²) in [5.74, 6) is 0.333. The van der Waals surface area contributed by atoms with Crippen molar-refractivity contribution in [1.82, 2.24) is 14.8 Å². The quantitative estimate of drug-likeness (QED) is 0.923. The number of nitrogens with two attached hydrogens (primary N) is 1. The molecule has 106 valence electrons. The lowest BCUT2D eigenvalue weighted by atomic mass is 10.1. The third-order valence-electron chi connectivity index (χ3n) is 2.96. The van der Waals surface area contributed by atoms with Crippen molar-refractivity contribution in [2.75, 3.05) is 0 Å². The first-order chi connectivity index (χ1) is 9.49. The lowest BCUT2D eigenvalue weighted by Crippen LogP contribution is -2.31. The van der Waals surface area contributed by atoms with Gasteiger partial charge in [0.2, 0.25) is 0 Å². The number of nitrogens with zero attached hydrogens (tertiary/aromatic N) is 3. The van der Waals surface area contributed by atoms with E-state index in [0.29, 0.717) is 23.7 Å². The van der Waals surface area contributed by atoms with E-state index in [9.17, 15) is 4.79 Å². The minimum absolute atomic E-state index is 0.117. The Morgan fingerprint density at radius 1 is 1.25 bits per heavy atom. The molecule has 0 aliphatic heterocycles. The zero-order valence-electron chi connectivity index (χ0n) is 12.1. The van der Waals surface area contributed by atoms with Gasteiger partial charge in [0.1, 0.15) is 5.69 Å². The standard InChI is InChI=1S/C15H20N4O/c1-10(2)9-19-15(20)12(11(3)16)8-14(18-19)13-6-4-5-7-17-13/h4-8,10-11H,9,16H2,1-3H3. The molecule has 0 aliphatic rings. The fourth-order valence-electron chi connectivity index (χ4n) is 2.00. The molecular formula is C15H20N4O. The van der Waals surface area contributed by atoms with Crippen molar-refractivity contribution < 1.29 is 0 Å². The number of rotatable bonds is 4. The highest BCUT2D eigenvalue weighted by Gasteiger charge is 2.14. The molecule has 0 fully saturated rings. The average molecular weight is 272 g/mol. The molecular weight excluding hydrogens is 252 g/mol. The normalized spacial score (nSPS) is 12.7. The van der Waals surface area contributed by atoms with Crippen molar-refractivity contribution in [3.8, 4) is 11.4 Å². The second-order valence-corrected chi connectivity index (χ2v) is 5.37. The van der Waals surface area contributed by atoms with Crippen LogP contribution in [-0.2, 0) is 6.54 Å². The zero-order valence-corrected chi connectivity index (χ0v) is 12.1. The van der Waals surface area contributed by atoms with Crippen LogP contribution in [0.25, 0.3) is 11.4 Å². The predicted octanol–water partition coefficient (Wildman–Crippen LogP) is 1.98. The van der Waals surface area contributed by atoms with Crippen LogP contribution in [0.3, 0.4) is 0 Å². The molecule has 0 aliphatic carbocycles. The summed E-state index contributed by atoms with van der Waals surface area (Å²) in [7, 11) is 0. The lowest BCUT2D eigenvalue weighted by Gasteiger charge is -2.13. The summed E-state index contributed by atoms with van der Waals surface area (Å²) in [6, 6.07) is 7.03. The molecule has 1 unspecified atom stereocenters. The molecule has 0 spiro atoms. The molecule has 0 bridgehead atoms. The Morgan fingerprint density at radius 2 is 2.00 bits per heavy atom. The number of pyridine rings is 1. The van der Waals surface area contributed by atoms with Gasteiger partial charge in [0.15, 0.2) is 0 Å². The summed E-state index contributed by atoms with van der Waals surface area (Å²) >= 11 is 0. The molecule has 5 nitrogen and oxygen atoms in total. The largest absolute Gasteiger partial charge is 0.324 e. The molecule has 2 aromatic rings. The van der Waals surface area contributed by atoms with Gasteiger partial charge in [-0.05, 0) is 31.0 Å². The van der Waals surface area contributed by atoms with Crippen molar-refractivity contribution in [2.24, 2.45) is 11.7 Å². The first-order valence-corrected chi connectivity index (χ1v) is 6.78. The third kappa shape index (κ3) is 3.11. The van der Waals surface area contributed by atoms with E-state index >= 15 is 0 Å². The third-order valence-corrected chi connectivity index (χ3v) is 2.96. The highest BCUT2D eigenvalue weighted by molar-refractivity contribution is 5.53. The summed E-state index contributed by atoms with van der Waals surface area (Å²) in [5.41, 5.74) is 7.77. The zero-order chi connectivity index (χ0) is 14.7. The monoisotopic (exact) mass is 272 g/mol. The molecule has 2 aromatic heterocycles. The van der Waals surface area contributed by atoms with Gasteiger partial charge in [-0.15, -0.1) is 0 Å². The minimum atomic E-state index is -0.327. The van der Waals surface area contributed by atoms with Crippen LogP contribution >= 0.6 is 0 Å². The summed E-state index contributed by atoms with van der Waals surface area (Å²) in [6.45, 7) is 6.47. The van der Waals surface area contributed by atoms with Gasteiger partial charge < -0.3 is 5.73 Å². The van der Waals surface area contributed by atoms with Gasteiger partial charge in [0.05, 0.1) is 5.69 Å². The fraction of sp³-hybridized carbons (Fsp3) is 0.400. The van der Waals surface area contributed by atoms with Gasteiger partial charge in [-0.3, -0.25) is 9.78 Å². The van der Waals surface area contributed by atoms with Crippen molar-refractivity contribution in [3.63, 3.8) is 0 Å². The van der Waals surface area contributed by atoms with Gasteiger partial charge in [0.25, 0.3) is 5.56 Å². The van der Waals surface area contributed by atoms with E-state index in [1.54, 1.807) is 19.2 Å². The van der Waals surface area contributed by atoms with Crippen molar-refractivity contribution in [2.45, 2.75) is 33.4 Å². The van der Waals surface area contributed by atoms with Crippen LogP contribution in [0.1, 0.15) is 32.4 Å². The Labute approximate surface area is 118 Å². The van der Waals surface area contributed by atoms with E-state index in [1.807, 2.05) is 32.0 Å². The summed E-state index contributed by atoms with van der Waals surface area (Å²) in [6.07, 6.45) is 1.71. The van der Waals surface area contributed by atoms with Crippen LogP contribution in [0, 0.1) is 5.92 Å².